The van der Waals surface area contributed by atoms with Gasteiger partial charge in [0.25, 0.3) is 5.91 Å². The summed E-state index contributed by atoms with van der Waals surface area (Å²) in [6, 6.07) is 14.2. The molecule has 148 valence electrons. The summed E-state index contributed by atoms with van der Waals surface area (Å²) < 4.78 is 5.72. The Labute approximate surface area is 170 Å². The number of amides is 2. The fourth-order valence-corrected chi connectivity index (χ4v) is 2.55. The first kappa shape index (κ1) is 21.4. The molecule has 0 unspecified atom stereocenters. The Morgan fingerprint density at radius 2 is 1.86 bits per heavy atom. The minimum Gasteiger partial charge on any atom is -0.492 e. The maximum Gasteiger partial charge on any atom is 0.261 e. The fourth-order valence-electron chi connectivity index (χ4n) is 2.34. The van der Waals surface area contributed by atoms with Crippen molar-refractivity contribution in [3.05, 3.63) is 54.1 Å². The van der Waals surface area contributed by atoms with Gasteiger partial charge in [-0.25, -0.2) is 0 Å². The van der Waals surface area contributed by atoms with Crippen LogP contribution in [0.2, 0.25) is 0 Å². The van der Waals surface area contributed by atoms with E-state index < -0.39 is 0 Å². The third-order valence-electron chi connectivity index (χ3n) is 3.89. The molecule has 0 saturated heterocycles. The molecule has 0 saturated carbocycles. The quantitative estimate of drug-likeness (QED) is 0.723. The number of carbonyl (C=O) groups excluding carboxylic acids is 2. The molecule has 0 fully saturated rings. The minimum atomic E-state index is -0.353. The highest BCUT2D eigenvalue weighted by atomic mass is 32.1. The standard InChI is InChI=1S/C21H25N3O3S/c1-14(2)13-27-19-11-6-5-10-18(19)20(26)23-21(28)22-16-8-7-9-17(12-16)24(4)15(3)25/h5-12,14H,13H2,1-4H3,(H2,22,23,26,28). The molecule has 2 rings (SSSR count). The molecule has 0 radical (unpaired) electrons. The molecule has 2 aromatic rings. The molecule has 0 spiro atoms. The van der Waals surface area contributed by atoms with Gasteiger partial charge < -0.3 is 15.0 Å². The van der Waals surface area contributed by atoms with E-state index in [1.807, 2.05) is 26.0 Å². The van der Waals surface area contributed by atoms with E-state index in [0.29, 0.717) is 29.5 Å². The number of hydrogen-bond acceptors (Lipinski definition) is 4. The van der Waals surface area contributed by atoms with Crippen LogP contribution < -0.4 is 20.3 Å². The molecule has 0 aliphatic heterocycles. The lowest BCUT2D eigenvalue weighted by atomic mass is 10.2. The van der Waals surface area contributed by atoms with E-state index in [-0.39, 0.29) is 16.9 Å². The van der Waals surface area contributed by atoms with Crippen LogP contribution in [0.3, 0.4) is 0 Å². The van der Waals surface area contributed by atoms with Crippen molar-refractivity contribution in [2.24, 2.45) is 5.92 Å². The highest BCUT2D eigenvalue weighted by Gasteiger charge is 2.14. The Balaban J connectivity index is 2.05. The third-order valence-corrected chi connectivity index (χ3v) is 4.10. The van der Waals surface area contributed by atoms with Gasteiger partial charge in [0.1, 0.15) is 5.75 Å². The van der Waals surface area contributed by atoms with Crippen molar-refractivity contribution in [2.45, 2.75) is 20.8 Å². The van der Waals surface area contributed by atoms with Crippen molar-refractivity contribution in [1.29, 1.82) is 0 Å². The van der Waals surface area contributed by atoms with Crippen LogP contribution in [0.4, 0.5) is 11.4 Å². The van der Waals surface area contributed by atoms with Crippen LogP contribution in [0.5, 0.6) is 5.75 Å². The molecule has 2 amide bonds. The largest absolute Gasteiger partial charge is 0.492 e. The van der Waals surface area contributed by atoms with E-state index in [1.165, 1.54) is 11.8 Å². The van der Waals surface area contributed by atoms with Gasteiger partial charge in [-0.15, -0.1) is 0 Å². The zero-order valence-corrected chi connectivity index (χ0v) is 17.3. The average molecular weight is 400 g/mol. The summed E-state index contributed by atoms with van der Waals surface area (Å²) in [4.78, 5) is 25.6. The highest BCUT2D eigenvalue weighted by molar-refractivity contribution is 7.80. The second kappa shape index (κ2) is 9.85. The SMILES string of the molecule is CC(=O)N(C)c1cccc(NC(=S)NC(=O)c2ccccc2OCC(C)C)c1. The highest BCUT2D eigenvalue weighted by Crippen LogP contribution is 2.20. The molecule has 0 heterocycles. The van der Waals surface area contributed by atoms with Crippen LogP contribution >= 0.6 is 12.2 Å². The molecule has 0 aliphatic carbocycles. The van der Waals surface area contributed by atoms with Crippen LogP contribution in [-0.4, -0.2) is 30.6 Å². The number of anilines is 2. The molecule has 2 N–H and O–H groups in total. The van der Waals surface area contributed by atoms with Gasteiger partial charge in [-0.1, -0.05) is 32.0 Å². The number of ether oxygens (including phenoxy) is 1. The van der Waals surface area contributed by atoms with Crippen LogP contribution in [0.1, 0.15) is 31.1 Å². The zero-order valence-electron chi connectivity index (χ0n) is 16.5. The van der Waals surface area contributed by atoms with Crippen molar-refractivity contribution in [3.63, 3.8) is 0 Å². The number of hydrogen-bond donors (Lipinski definition) is 2. The zero-order chi connectivity index (χ0) is 20.7. The summed E-state index contributed by atoms with van der Waals surface area (Å²) in [7, 11) is 1.69. The molecule has 0 aromatic heterocycles. The molecule has 6 nitrogen and oxygen atoms in total. The van der Waals surface area contributed by atoms with Crippen molar-refractivity contribution in [1.82, 2.24) is 5.32 Å². The van der Waals surface area contributed by atoms with Gasteiger partial charge in [0.15, 0.2) is 5.11 Å². The average Bonchev–Trinajstić information content (AvgIpc) is 2.65. The van der Waals surface area contributed by atoms with Gasteiger partial charge in [0.05, 0.1) is 12.2 Å². The van der Waals surface area contributed by atoms with Gasteiger partial charge in [0.2, 0.25) is 5.91 Å². The second-order valence-corrected chi connectivity index (χ2v) is 7.15. The topological polar surface area (TPSA) is 70.7 Å². The summed E-state index contributed by atoms with van der Waals surface area (Å²) in [6.07, 6.45) is 0. The molecule has 7 heteroatoms. The number of carbonyl (C=O) groups is 2. The summed E-state index contributed by atoms with van der Waals surface area (Å²) >= 11 is 5.26. The first-order chi connectivity index (χ1) is 13.3. The van der Waals surface area contributed by atoms with Gasteiger partial charge in [-0.3, -0.25) is 14.9 Å². The van der Waals surface area contributed by atoms with E-state index in [2.05, 4.69) is 10.6 Å². The minimum absolute atomic E-state index is 0.0777. The first-order valence-corrected chi connectivity index (χ1v) is 9.37. The normalized spacial score (nSPS) is 10.3. The maximum absolute atomic E-state index is 12.6. The summed E-state index contributed by atoms with van der Waals surface area (Å²) in [5.74, 6) is 0.431. The molecule has 0 atom stereocenters. The summed E-state index contributed by atoms with van der Waals surface area (Å²) in [5, 5.41) is 5.79. The van der Waals surface area contributed by atoms with E-state index in [1.54, 1.807) is 43.4 Å². The Morgan fingerprint density at radius 3 is 2.54 bits per heavy atom. The lowest BCUT2D eigenvalue weighted by Gasteiger charge is -2.17. The number of nitrogens with zero attached hydrogens (tertiary/aromatic N) is 1. The number of benzene rings is 2. The molecule has 0 aliphatic rings. The van der Waals surface area contributed by atoms with Gasteiger partial charge in [-0.2, -0.15) is 0 Å². The number of para-hydroxylation sites is 1. The molecule has 28 heavy (non-hydrogen) atoms. The van der Waals surface area contributed by atoms with Crippen molar-refractivity contribution >= 4 is 40.5 Å². The van der Waals surface area contributed by atoms with Crippen LogP contribution in [-0.2, 0) is 4.79 Å². The van der Waals surface area contributed by atoms with Crippen LogP contribution in [0, 0.1) is 5.92 Å². The smallest absolute Gasteiger partial charge is 0.261 e. The predicted molar refractivity (Wildman–Crippen MR) is 116 cm³/mol. The Hall–Kier alpha value is -2.93. The Bertz CT molecular complexity index is 867. The lowest BCUT2D eigenvalue weighted by Crippen LogP contribution is -2.34. The lowest BCUT2D eigenvalue weighted by molar-refractivity contribution is -0.116. The van der Waals surface area contributed by atoms with Gasteiger partial charge >= 0.3 is 0 Å². The third kappa shape index (κ3) is 6.06. The van der Waals surface area contributed by atoms with E-state index in [0.717, 1.165) is 5.69 Å². The maximum atomic E-state index is 12.6. The monoisotopic (exact) mass is 399 g/mol. The van der Waals surface area contributed by atoms with Crippen LogP contribution in [0.15, 0.2) is 48.5 Å². The summed E-state index contributed by atoms with van der Waals surface area (Å²) in [5.41, 5.74) is 1.80. The fraction of sp³-hybridized carbons (Fsp3) is 0.286. The van der Waals surface area contributed by atoms with E-state index in [9.17, 15) is 9.59 Å². The van der Waals surface area contributed by atoms with Gasteiger partial charge in [0, 0.05) is 25.3 Å². The van der Waals surface area contributed by atoms with E-state index in [4.69, 9.17) is 17.0 Å². The molecule has 2 aromatic carbocycles. The van der Waals surface area contributed by atoms with Gasteiger partial charge in [-0.05, 0) is 48.5 Å². The van der Waals surface area contributed by atoms with Crippen molar-refractivity contribution < 1.29 is 14.3 Å². The number of thiocarbonyl (C=S) groups is 1. The van der Waals surface area contributed by atoms with E-state index >= 15 is 0 Å². The molecular formula is C21H25N3O3S. The van der Waals surface area contributed by atoms with Crippen molar-refractivity contribution in [2.75, 3.05) is 23.9 Å². The molecule has 0 bridgehead atoms. The number of rotatable bonds is 6. The number of nitrogens with one attached hydrogen (secondary N) is 2. The second-order valence-electron chi connectivity index (χ2n) is 6.74. The van der Waals surface area contributed by atoms with Crippen LogP contribution in [0.25, 0.3) is 0 Å². The first-order valence-electron chi connectivity index (χ1n) is 8.96. The Kier molecular flexibility index (Phi) is 7.52. The predicted octanol–water partition coefficient (Wildman–Crippen LogP) is 3.83. The van der Waals surface area contributed by atoms with Crippen molar-refractivity contribution in [3.8, 4) is 5.75 Å². The summed E-state index contributed by atoms with van der Waals surface area (Å²) in [6.45, 7) is 6.09. The Morgan fingerprint density at radius 1 is 1.14 bits per heavy atom. The molecular weight excluding hydrogens is 374 g/mol.